The van der Waals surface area contributed by atoms with Crippen molar-refractivity contribution in [3.05, 3.63) is 69.7 Å². The highest BCUT2D eigenvalue weighted by molar-refractivity contribution is 7.18. The lowest BCUT2D eigenvalue weighted by Crippen LogP contribution is -2.34. The van der Waals surface area contributed by atoms with Gasteiger partial charge in [0.25, 0.3) is 0 Å². The average molecular weight is 523 g/mol. The number of thiazole rings is 1. The Labute approximate surface area is 216 Å². The van der Waals surface area contributed by atoms with Crippen molar-refractivity contribution in [3.8, 4) is 11.3 Å². The second-order valence-electron chi connectivity index (χ2n) is 10.1. The van der Waals surface area contributed by atoms with Gasteiger partial charge in [-0.2, -0.15) is 0 Å². The van der Waals surface area contributed by atoms with Gasteiger partial charge < -0.3 is 19.5 Å². The number of ether oxygens (including phenoxy) is 1. The minimum atomic E-state index is -1.33. The maximum atomic E-state index is 14.1. The SMILES string of the molecule is Cc1ccccc1-c1noc(C2CC2)c1COC1CCC(O)(c2nc3cc(F)c(C(=O)O)cc3s2)CC1. The van der Waals surface area contributed by atoms with E-state index in [1.807, 2.05) is 12.1 Å². The van der Waals surface area contributed by atoms with Crippen molar-refractivity contribution in [2.24, 2.45) is 0 Å². The smallest absolute Gasteiger partial charge is 0.338 e. The highest BCUT2D eigenvalue weighted by atomic mass is 32.1. The van der Waals surface area contributed by atoms with Crippen LogP contribution < -0.4 is 0 Å². The third kappa shape index (κ3) is 4.56. The van der Waals surface area contributed by atoms with Gasteiger partial charge in [0.05, 0.1) is 28.5 Å². The predicted molar refractivity (Wildman–Crippen MR) is 136 cm³/mol. The summed E-state index contributed by atoms with van der Waals surface area (Å²) in [5, 5.41) is 25.5. The summed E-state index contributed by atoms with van der Waals surface area (Å²) in [5.41, 5.74) is 2.86. The van der Waals surface area contributed by atoms with Crippen molar-refractivity contribution in [1.82, 2.24) is 10.1 Å². The molecule has 2 saturated carbocycles. The third-order valence-electron chi connectivity index (χ3n) is 7.50. The Morgan fingerprint density at radius 3 is 2.68 bits per heavy atom. The Morgan fingerprint density at radius 2 is 1.97 bits per heavy atom. The Kier molecular flexibility index (Phi) is 6.09. The van der Waals surface area contributed by atoms with Gasteiger partial charge in [0.1, 0.15) is 27.9 Å². The predicted octanol–water partition coefficient (Wildman–Crippen LogP) is 6.32. The van der Waals surface area contributed by atoms with Gasteiger partial charge in [0.15, 0.2) is 0 Å². The number of aryl methyl sites for hydroxylation is 1. The van der Waals surface area contributed by atoms with Crippen LogP contribution in [0.1, 0.15) is 76.7 Å². The van der Waals surface area contributed by atoms with Gasteiger partial charge in [-0.05, 0) is 57.1 Å². The lowest BCUT2D eigenvalue weighted by atomic mass is 9.83. The summed E-state index contributed by atoms with van der Waals surface area (Å²) in [6, 6.07) is 10.5. The maximum Gasteiger partial charge on any atom is 0.338 e. The van der Waals surface area contributed by atoms with Gasteiger partial charge in [-0.15, -0.1) is 11.3 Å². The van der Waals surface area contributed by atoms with Crippen molar-refractivity contribution < 1.29 is 28.7 Å². The summed E-state index contributed by atoms with van der Waals surface area (Å²) in [4.78, 5) is 15.7. The largest absolute Gasteiger partial charge is 0.478 e. The van der Waals surface area contributed by atoms with Crippen molar-refractivity contribution in [1.29, 1.82) is 0 Å². The summed E-state index contributed by atoms with van der Waals surface area (Å²) in [6.45, 7) is 2.47. The van der Waals surface area contributed by atoms with E-state index in [0.29, 0.717) is 53.4 Å². The number of fused-ring (bicyclic) bond motifs is 1. The van der Waals surface area contributed by atoms with Gasteiger partial charge in [0, 0.05) is 23.1 Å². The lowest BCUT2D eigenvalue weighted by Gasteiger charge is -2.34. The number of hydrogen-bond acceptors (Lipinski definition) is 7. The molecule has 2 aromatic heterocycles. The summed E-state index contributed by atoms with van der Waals surface area (Å²) < 4.78 is 26.8. The molecular weight excluding hydrogens is 495 g/mol. The van der Waals surface area contributed by atoms with E-state index in [2.05, 4.69) is 29.2 Å². The van der Waals surface area contributed by atoms with E-state index in [1.54, 1.807) is 0 Å². The first-order chi connectivity index (χ1) is 17.8. The first kappa shape index (κ1) is 24.2. The standard InChI is InChI=1S/C28H27FN2O5S/c1-15-4-2-3-5-18(15)24-20(25(36-31-24)16-6-7-16)14-35-17-8-10-28(34,11-9-17)27-30-22-13-21(29)19(26(32)33)12-23(22)37-27/h2-5,12-13,16-17,34H,6-11,14H2,1H3,(H,32,33). The Morgan fingerprint density at radius 1 is 1.22 bits per heavy atom. The van der Waals surface area contributed by atoms with Gasteiger partial charge >= 0.3 is 5.97 Å². The molecule has 0 bridgehead atoms. The maximum absolute atomic E-state index is 14.1. The fourth-order valence-electron chi connectivity index (χ4n) is 5.14. The van der Waals surface area contributed by atoms with E-state index in [9.17, 15) is 19.4 Å². The molecule has 2 aromatic carbocycles. The summed E-state index contributed by atoms with van der Waals surface area (Å²) in [6.07, 6.45) is 4.37. The molecular formula is C28H27FN2O5S. The van der Waals surface area contributed by atoms with Crippen LogP contribution in [0.3, 0.4) is 0 Å². The number of benzene rings is 2. The lowest BCUT2D eigenvalue weighted by molar-refractivity contribution is -0.0640. The molecule has 0 spiro atoms. The summed E-state index contributed by atoms with van der Waals surface area (Å²) in [7, 11) is 0. The molecule has 2 aliphatic carbocycles. The number of carboxylic acids is 1. The molecule has 4 aromatic rings. The van der Waals surface area contributed by atoms with Crippen LogP contribution in [0.5, 0.6) is 0 Å². The number of halogens is 1. The van der Waals surface area contributed by atoms with Crippen LogP contribution >= 0.6 is 11.3 Å². The Bertz CT molecular complexity index is 1480. The van der Waals surface area contributed by atoms with E-state index in [-0.39, 0.29) is 6.10 Å². The zero-order valence-corrected chi connectivity index (χ0v) is 21.2. The van der Waals surface area contributed by atoms with Crippen molar-refractivity contribution in [3.63, 3.8) is 0 Å². The van der Waals surface area contributed by atoms with Crippen LogP contribution in [0, 0.1) is 12.7 Å². The minimum Gasteiger partial charge on any atom is -0.478 e. The number of aromatic nitrogens is 2. The fourth-order valence-corrected chi connectivity index (χ4v) is 6.27. The molecule has 0 atom stereocenters. The minimum absolute atomic E-state index is 0.0302. The summed E-state index contributed by atoms with van der Waals surface area (Å²) >= 11 is 1.22. The van der Waals surface area contributed by atoms with Crippen LogP contribution in [0.15, 0.2) is 40.9 Å². The number of nitrogens with zero attached hydrogens (tertiary/aromatic N) is 2. The van der Waals surface area contributed by atoms with E-state index in [1.165, 1.54) is 17.4 Å². The highest BCUT2D eigenvalue weighted by Crippen LogP contribution is 2.45. The van der Waals surface area contributed by atoms with E-state index >= 15 is 0 Å². The highest BCUT2D eigenvalue weighted by Gasteiger charge is 2.39. The normalized spacial score (nSPS) is 22.0. The van der Waals surface area contributed by atoms with Crippen molar-refractivity contribution in [2.75, 3.05) is 0 Å². The monoisotopic (exact) mass is 522 g/mol. The van der Waals surface area contributed by atoms with Crippen molar-refractivity contribution in [2.45, 2.75) is 69.7 Å². The van der Waals surface area contributed by atoms with Gasteiger partial charge in [0.2, 0.25) is 0 Å². The van der Waals surface area contributed by atoms with Crippen LogP contribution in [0.2, 0.25) is 0 Å². The molecule has 0 amide bonds. The molecule has 2 aliphatic rings. The molecule has 0 aliphatic heterocycles. The topological polar surface area (TPSA) is 106 Å². The quantitative estimate of drug-likeness (QED) is 0.292. The van der Waals surface area contributed by atoms with E-state index in [0.717, 1.165) is 47.1 Å². The van der Waals surface area contributed by atoms with Gasteiger partial charge in [-0.25, -0.2) is 14.2 Å². The Balaban J connectivity index is 1.16. The van der Waals surface area contributed by atoms with Crippen LogP contribution in [-0.2, 0) is 16.9 Å². The second kappa shape index (κ2) is 9.31. The van der Waals surface area contributed by atoms with E-state index in [4.69, 9.17) is 9.26 Å². The second-order valence-corrected chi connectivity index (χ2v) is 11.2. The van der Waals surface area contributed by atoms with Crippen LogP contribution in [0.4, 0.5) is 4.39 Å². The third-order valence-corrected chi connectivity index (χ3v) is 8.71. The molecule has 0 saturated heterocycles. The van der Waals surface area contributed by atoms with Crippen LogP contribution in [0.25, 0.3) is 21.5 Å². The molecule has 6 rings (SSSR count). The molecule has 2 fully saturated rings. The molecule has 2 N–H and O–H groups in total. The van der Waals surface area contributed by atoms with Gasteiger partial charge in [-0.3, -0.25) is 0 Å². The average Bonchev–Trinajstić information content (AvgIpc) is 3.50. The molecule has 37 heavy (non-hydrogen) atoms. The first-order valence-corrected chi connectivity index (χ1v) is 13.4. The molecule has 9 heteroatoms. The van der Waals surface area contributed by atoms with Crippen LogP contribution in [-0.4, -0.2) is 32.4 Å². The molecule has 7 nitrogen and oxygen atoms in total. The van der Waals surface area contributed by atoms with Gasteiger partial charge in [-0.1, -0.05) is 29.4 Å². The zero-order chi connectivity index (χ0) is 25.7. The number of hydrogen-bond donors (Lipinski definition) is 2. The number of carboxylic acid groups (broad SMARTS) is 1. The summed E-state index contributed by atoms with van der Waals surface area (Å²) in [5.74, 6) is -0.821. The molecule has 2 heterocycles. The number of aromatic carboxylic acids is 1. The zero-order valence-electron chi connectivity index (χ0n) is 20.4. The molecule has 0 unspecified atom stereocenters. The fraction of sp³-hybridized carbons (Fsp3) is 0.393. The number of aliphatic hydroxyl groups is 1. The number of carbonyl (C=O) groups is 1. The van der Waals surface area contributed by atoms with Crippen molar-refractivity contribution >= 4 is 27.5 Å². The molecule has 0 radical (unpaired) electrons. The first-order valence-electron chi connectivity index (χ1n) is 12.5. The van der Waals surface area contributed by atoms with E-state index < -0.39 is 23.0 Å². The number of rotatable bonds is 7. The Hall–Kier alpha value is -3.14. The molecule has 192 valence electrons.